The van der Waals surface area contributed by atoms with Crippen molar-refractivity contribution in [1.82, 2.24) is 9.80 Å². The summed E-state index contributed by atoms with van der Waals surface area (Å²) in [5.41, 5.74) is 0.784. The van der Waals surface area contributed by atoms with Crippen LogP contribution in [0.4, 0.5) is 0 Å². The van der Waals surface area contributed by atoms with Gasteiger partial charge in [0, 0.05) is 38.5 Å². The quantitative estimate of drug-likeness (QED) is 0.852. The third kappa shape index (κ3) is 3.64. The van der Waals surface area contributed by atoms with Crippen molar-refractivity contribution in [1.29, 1.82) is 5.26 Å². The van der Waals surface area contributed by atoms with Crippen LogP contribution in [0, 0.1) is 11.3 Å². The first-order valence-corrected chi connectivity index (χ1v) is 8.99. The number of likely N-dealkylation sites (N-methyl/N-ethyl adjacent to an activating group) is 1. The Morgan fingerprint density at radius 3 is 2.75 bits per heavy atom. The lowest BCUT2D eigenvalue weighted by atomic mass is 9.81. The van der Waals surface area contributed by atoms with Gasteiger partial charge in [-0.1, -0.05) is 30.3 Å². The van der Waals surface area contributed by atoms with Crippen LogP contribution in [-0.2, 0) is 11.3 Å². The molecule has 0 saturated carbocycles. The molecule has 2 aliphatic heterocycles. The van der Waals surface area contributed by atoms with E-state index in [1.807, 2.05) is 0 Å². The molecule has 0 aliphatic carbocycles. The highest BCUT2D eigenvalue weighted by atomic mass is 16.5. The Kier molecular flexibility index (Phi) is 4.96. The van der Waals surface area contributed by atoms with Crippen molar-refractivity contribution >= 4 is 0 Å². The van der Waals surface area contributed by atoms with Gasteiger partial charge in [-0.2, -0.15) is 5.26 Å². The highest BCUT2D eigenvalue weighted by Crippen LogP contribution is 2.38. The first kappa shape index (κ1) is 17.4. The maximum atomic E-state index is 9.93. The lowest BCUT2D eigenvalue weighted by Gasteiger charge is -2.45. The molecule has 1 unspecified atom stereocenters. The van der Waals surface area contributed by atoms with Gasteiger partial charge in [-0.05, 0) is 32.9 Å². The zero-order valence-corrected chi connectivity index (χ0v) is 15.2. The molecule has 2 aliphatic rings. The molecule has 2 saturated heterocycles. The summed E-state index contributed by atoms with van der Waals surface area (Å²) in [6.07, 6.45) is 2.75. The van der Waals surface area contributed by atoms with Gasteiger partial charge in [-0.3, -0.25) is 9.80 Å². The van der Waals surface area contributed by atoms with Crippen molar-refractivity contribution < 1.29 is 4.74 Å². The standard InChI is InChI=1S/C20H29N3O/c1-19(2)15-20(16-21,10-12-24-19)23-11-9-18(14-23)22(3)13-17-7-5-4-6-8-17/h4-8,18H,9-15H2,1-3H3/t18-,20?/m0/s1. The van der Waals surface area contributed by atoms with Crippen molar-refractivity contribution in [2.75, 3.05) is 26.7 Å². The minimum Gasteiger partial charge on any atom is -0.375 e. The molecule has 0 spiro atoms. The van der Waals surface area contributed by atoms with Crippen LogP contribution in [0.5, 0.6) is 0 Å². The molecule has 130 valence electrons. The first-order valence-electron chi connectivity index (χ1n) is 8.99. The van der Waals surface area contributed by atoms with E-state index in [2.05, 4.69) is 67.1 Å². The van der Waals surface area contributed by atoms with Crippen molar-refractivity contribution in [3.63, 3.8) is 0 Å². The minimum absolute atomic E-state index is 0.206. The fourth-order valence-corrected chi connectivity index (χ4v) is 4.27. The number of rotatable bonds is 4. The van der Waals surface area contributed by atoms with Crippen LogP contribution in [-0.4, -0.2) is 53.7 Å². The van der Waals surface area contributed by atoms with E-state index in [1.165, 1.54) is 5.56 Å². The zero-order chi connectivity index (χ0) is 17.2. The molecule has 0 bridgehead atoms. The van der Waals surface area contributed by atoms with E-state index in [0.29, 0.717) is 12.6 Å². The average Bonchev–Trinajstić information content (AvgIpc) is 3.05. The van der Waals surface area contributed by atoms with Gasteiger partial charge in [-0.25, -0.2) is 0 Å². The van der Waals surface area contributed by atoms with Crippen molar-refractivity contribution in [2.24, 2.45) is 0 Å². The predicted molar refractivity (Wildman–Crippen MR) is 95.5 cm³/mol. The summed E-state index contributed by atoms with van der Waals surface area (Å²) < 4.78 is 5.85. The number of nitriles is 1. The Bertz CT molecular complexity index is 595. The summed E-state index contributed by atoms with van der Waals surface area (Å²) in [5, 5.41) is 9.93. The molecule has 0 radical (unpaired) electrons. The normalized spacial score (nSPS) is 30.4. The van der Waals surface area contributed by atoms with Gasteiger partial charge in [0.1, 0.15) is 5.54 Å². The lowest BCUT2D eigenvalue weighted by molar-refractivity contribution is -0.100. The number of hydrogen-bond acceptors (Lipinski definition) is 4. The summed E-state index contributed by atoms with van der Waals surface area (Å²) in [4.78, 5) is 4.86. The smallest absolute Gasteiger partial charge is 0.114 e. The Morgan fingerprint density at radius 2 is 2.08 bits per heavy atom. The highest BCUT2D eigenvalue weighted by Gasteiger charge is 2.47. The van der Waals surface area contributed by atoms with E-state index < -0.39 is 0 Å². The van der Waals surface area contributed by atoms with Crippen LogP contribution in [0.15, 0.2) is 30.3 Å². The molecule has 4 nitrogen and oxygen atoms in total. The minimum atomic E-state index is -0.357. The van der Waals surface area contributed by atoms with E-state index in [4.69, 9.17) is 4.74 Å². The fourth-order valence-electron chi connectivity index (χ4n) is 4.27. The van der Waals surface area contributed by atoms with E-state index in [-0.39, 0.29) is 11.1 Å². The number of ether oxygens (including phenoxy) is 1. The van der Waals surface area contributed by atoms with E-state index in [1.54, 1.807) is 0 Å². The van der Waals surface area contributed by atoms with Crippen LogP contribution in [0.2, 0.25) is 0 Å². The average molecular weight is 327 g/mol. The van der Waals surface area contributed by atoms with Crippen LogP contribution in [0.1, 0.15) is 38.7 Å². The molecular weight excluding hydrogens is 298 g/mol. The third-order valence-electron chi connectivity index (χ3n) is 5.60. The van der Waals surface area contributed by atoms with Gasteiger partial charge < -0.3 is 4.74 Å². The fraction of sp³-hybridized carbons (Fsp3) is 0.650. The van der Waals surface area contributed by atoms with Gasteiger partial charge in [0.25, 0.3) is 0 Å². The molecular formula is C20H29N3O. The second kappa shape index (κ2) is 6.84. The monoisotopic (exact) mass is 327 g/mol. The van der Waals surface area contributed by atoms with Gasteiger partial charge in [0.05, 0.1) is 18.3 Å². The summed E-state index contributed by atoms with van der Waals surface area (Å²) in [6, 6.07) is 13.8. The molecule has 0 amide bonds. The molecule has 4 heteroatoms. The van der Waals surface area contributed by atoms with Crippen LogP contribution in [0.25, 0.3) is 0 Å². The second-order valence-corrected chi connectivity index (χ2v) is 7.97. The Hall–Kier alpha value is -1.41. The second-order valence-electron chi connectivity index (χ2n) is 7.97. The van der Waals surface area contributed by atoms with E-state index >= 15 is 0 Å². The summed E-state index contributed by atoms with van der Waals surface area (Å²) >= 11 is 0. The number of benzene rings is 1. The molecule has 0 N–H and O–H groups in total. The third-order valence-corrected chi connectivity index (χ3v) is 5.60. The highest BCUT2D eigenvalue weighted by molar-refractivity contribution is 5.16. The molecule has 3 rings (SSSR count). The molecule has 1 aromatic carbocycles. The molecule has 1 aromatic rings. The van der Waals surface area contributed by atoms with E-state index in [0.717, 1.165) is 38.9 Å². The maximum Gasteiger partial charge on any atom is 0.114 e. The van der Waals surface area contributed by atoms with Crippen molar-refractivity contribution in [3.8, 4) is 6.07 Å². The van der Waals surface area contributed by atoms with E-state index in [9.17, 15) is 5.26 Å². The first-order chi connectivity index (χ1) is 11.4. The predicted octanol–water partition coefficient (Wildman–Crippen LogP) is 3.04. The van der Waals surface area contributed by atoms with Gasteiger partial charge in [0.15, 0.2) is 0 Å². The van der Waals surface area contributed by atoms with Crippen molar-refractivity contribution in [3.05, 3.63) is 35.9 Å². The van der Waals surface area contributed by atoms with Gasteiger partial charge in [0.2, 0.25) is 0 Å². The summed E-state index contributed by atoms with van der Waals surface area (Å²) in [6.45, 7) is 7.84. The molecule has 24 heavy (non-hydrogen) atoms. The number of likely N-dealkylation sites (tertiary alicyclic amines) is 1. The van der Waals surface area contributed by atoms with Gasteiger partial charge >= 0.3 is 0 Å². The molecule has 0 aromatic heterocycles. The SMILES string of the molecule is CN(Cc1ccccc1)[C@H]1CCN(C2(C#N)CCOC(C)(C)C2)C1. The molecule has 2 heterocycles. The summed E-state index contributed by atoms with van der Waals surface area (Å²) in [5.74, 6) is 0. The topological polar surface area (TPSA) is 39.5 Å². The Labute approximate surface area is 146 Å². The number of hydrogen-bond donors (Lipinski definition) is 0. The zero-order valence-electron chi connectivity index (χ0n) is 15.2. The van der Waals surface area contributed by atoms with Crippen LogP contribution in [0.3, 0.4) is 0 Å². The Balaban J connectivity index is 1.65. The lowest BCUT2D eigenvalue weighted by Crippen LogP contribution is -2.55. The Morgan fingerprint density at radius 1 is 1.33 bits per heavy atom. The summed E-state index contributed by atoms with van der Waals surface area (Å²) in [7, 11) is 2.20. The number of nitrogens with zero attached hydrogens (tertiary/aromatic N) is 3. The van der Waals surface area contributed by atoms with Crippen LogP contribution < -0.4 is 0 Å². The van der Waals surface area contributed by atoms with Crippen LogP contribution >= 0.6 is 0 Å². The van der Waals surface area contributed by atoms with Gasteiger partial charge in [-0.15, -0.1) is 0 Å². The largest absolute Gasteiger partial charge is 0.375 e. The maximum absolute atomic E-state index is 9.93. The molecule has 2 atom stereocenters. The molecule has 2 fully saturated rings. The van der Waals surface area contributed by atoms with Crippen molar-refractivity contribution in [2.45, 2.75) is 56.8 Å².